The fourth-order valence-electron chi connectivity index (χ4n) is 4.99. The molecule has 1 fully saturated rings. The Balaban J connectivity index is 1.40. The van der Waals surface area contributed by atoms with Crippen molar-refractivity contribution in [2.45, 2.75) is 39.0 Å². The highest BCUT2D eigenvalue weighted by Gasteiger charge is 2.37. The summed E-state index contributed by atoms with van der Waals surface area (Å²) in [5.41, 5.74) is 0.872. The van der Waals surface area contributed by atoms with Crippen LogP contribution in [0.3, 0.4) is 0 Å². The van der Waals surface area contributed by atoms with Crippen molar-refractivity contribution in [2.24, 2.45) is 0 Å². The molecule has 1 saturated heterocycles. The molecule has 1 atom stereocenters. The van der Waals surface area contributed by atoms with Crippen LogP contribution in [0, 0.1) is 13.8 Å². The molecule has 0 aliphatic carbocycles. The average Bonchev–Trinajstić information content (AvgIpc) is 3.29. The van der Waals surface area contributed by atoms with E-state index in [1.54, 1.807) is 18.2 Å². The van der Waals surface area contributed by atoms with Gasteiger partial charge in [0.1, 0.15) is 30.4 Å². The van der Waals surface area contributed by atoms with Gasteiger partial charge in [-0.1, -0.05) is 23.8 Å². The van der Waals surface area contributed by atoms with Gasteiger partial charge in [0.15, 0.2) is 11.5 Å². The molecule has 3 aromatic rings. The first-order valence-corrected chi connectivity index (χ1v) is 14.0. The second-order valence-electron chi connectivity index (χ2n) is 10.6. The number of aryl methyl sites for hydroxylation is 3. The molecule has 0 radical (unpaired) electrons. The number of ether oxygens (including phenoxy) is 4. The lowest BCUT2D eigenvalue weighted by Crippen LogP contribution is -2.52. The summed E-state index contributed by atoms with van der Waals surface area (Å²) in [6.07, 6.45) is 4.61. The van der Waals surface area contributed by atoms with Crippen LogP contribution >= 0.6 is 0 Å². The molecule has 222 valence electrons. The first kappa shape index (κ1) is 30.4. The van der Waals surface area contributed by atoms with Gasteiger partial charge in [-0.05, 0) is 50.1 Å². The molecule has 0 saturated carbocycles. The molecule has 41 heavy (non-hydrogen) atoms. The maximum absolute atomic E-state index is 12.7. The van der Waals surface area contributed by atoms with E-state index in [0.717, 1.165) is 29.9 Å². The van der Waals surface area contributed by atoms with E-state index in [1.807, 2.05) is 62.5 Å². The van der Waals surface area contributed by atoms with Gasteiger partial charge in [-0.3, -0.25) is 9.69 Å². The first-order valence-electron chi connectivity index (χ1n) is 14.0. The van der Waals surface area contributed by atoms with E-state index in [9.17, 15) is 9.90 Å². The Bertz CT molecular complexity index is 1260. The van der Waals surface area contributed by atoms with E-state index in [-0.39, 0.29) is 25.7 Å². The largest absolute Gasteiger partial charge is 0.493 e. The van der Waals surface area contributed by atoms with Crippen LogP contribution in [-0.4, -0.2) is 96.2 Å². The number of aromatic nitrogens is 2. The zero-order valence-corrected chi connectivity index (χ0v) is 24.5. The highest BCUT2D eigenvalue weighted by atomic mass is 16.5. The molecule has 1 amide bonds. The second kappa shape index (κ2) is 14.3. The van der Waals surface area contributed by atoms with Crippen LogP contribution in [0.2, 0.25) is 0 Å². The predicted molar refractivity (Wildman–Crippen MR) is 155 cm³/mol. The molecular formula is C31H42N4O6. The zero-order valence-electron chi connectivity index (χ0n) is 24.5. The third kappa shape index (κ3) is 8.69. The van der Waals surface area contributed by atoms with Gasteiger partial charge in [-0.15, -0.1) is 0 Å². The summed E-state index contributed by atoms with van der Waals surface area (Å²) in [6.45, 7) is 7.54. The fourth-order valence-corrected chi connectivity index (χ4v) is 4.99. The number of aliphatic hydroxyl groups is 1. The second-order valence-corrected chi connectivity index (χ2v) is 10.6. The van der Waals surface area contributed by atoms with E-state index in [1.165, 1.54) is 7.11 Å². The fraction of sp³-hybridized carbons (Fsp3) is 0.484. The van der Waals surface area contributed by atoms with Crippen molar-refractivity contribution < 1.29 is 28.8 Å². The maximum Gasteiger partial charge on any atom is 0.248 e. The number of hydrogen-bond acceptors (Lipinski definition) is 8. The Morgan fingerprint density at radius 3 is 2.54 bits per heavy atom. The average molecular weight is 567 g/mol. The molecule has 1 aliphatic heterocycles. The van der Waals surface area contributed by atoms with Crippen molar-refractivity contribution in [3.8, 4) is 17.2 Å². The van der Waals surface area contributed by atoms with Crippen molar-refractivity contribution in [2.75, 3.05) is 60.2 Å². The lowest BCUT2D eigenvalue weighted by atomic mass is 10.0. The number of methoxy groups -OCH3 is 2. The molecule has 1 aromatic heterocycles. The molecule has 0 spiro atoms. The van der Waals surface area contributed by atoms with Gasteiger partial charge in [0, 0.05) is 52.2 Å². The van der Waals surface area contributed by atoms with Crippen LogP contribution in [-0.2, 0) is 22.6 Å². The molecule has 10 nitrogen and oxygen atoms in total. The molecular weight excluding hydrogens is 524 g/mol. The molecule has 1 unspecified atom stereocenters. The van der Waals surface area contributed by atoms with Gasteiger partial charge >= 0.3 is 0 Å². The number of hydrogen-bond donors (Lipinski definition) is 1. The number of benzene rings is 2. The number of β-amino-alcohol motifs (C(OH)–C–C–N with tert-alkyl or cyclic N) is 1. The Labute approximate surface area is 242 Å². The number of imidazole rings is 1. The van der Waals surface area contributed by atoms with E-state index in [0.29, 0.717) is 50.0 Å². The molecule has 2 heterocycles. The van der Waals surface area contributed by atoms with Gasteiger partial charge in [0.2, 0.25) is 5.91 Å². The summed E-state index contributed by atoms with van der Waals surface area (Å²) >= 11 is 0. The lowest BCUT2D eigenvalue weighted by molar-refractivity contribution is -0.138. The van der Waals surface area contributed by atoms with Gasteiger partial charge in [-0.2, -0.15) is 0 Å². The maximum atomic E-state index is 12.7. The van der Waals surface area contributed by atoms with Gasteiger partial charge in [0.25, 0.3) is 0 Å². The number of carbonyl (C=O) groups is 1. The Kier molecular flexibility index (Phi) is 10.6. The number of nitrogens with zero attached hydrogens (tertiary/aromatic N) is 4. The normalized spacial score (nSPS) is 17.7. The quantitative estimate of drug-likeness (QED) is 0.315. The summed E-state index contributed by atoms with van der Waals surface area (Å²) in [5.74, 6) is 2.85. The third-order valence-electron chi connectivity index (χ3n) is 7.20. The zero-order chi connectivity index (χ0) is 29.2. The SMILES string of the molecule is COCC(=O)N1CCN(Cc2ccc(OCCCn3ccnc3C)c(OC)c2)CC(O)(COc2ccc(C)cc2)C1. The van der Waals surface area contributed by atoms with Gasteiger partial charge < -0.3 is 33.5 Å². The van der Waals surface area contributed by atoms with Crippen molar-refractivity contribution >= 4 is 5.91 Å². The summed E-state index contributed by atoms with van der Waals surface area (Å²) in [4.78, 5) is 20.8. The summed E-state index contributed by atoms with van der Waals surface area (Å²) < 4.78 is 24.8. The summed E-state index contributed by atoms with van der Waals surface area (Å²) in [7, 11) is 3.13. The number of rotatable bonds is 13. The van der Waals surface area contributed by atoms with Crippen molar-refractivity contribution in [1.29, 1.82) is 0 Å². The van der Waals surface area contributed by atoms with Crippen LogP contribution in [0.5, 0.6) is 17.2 Å². The van der Waals surface area contributed by atoms with E-state index in [4.69, 9.17) is 18.9 Å². The van der Waals surface area contributed by atoms with Crippen LogP contribution in [0.1, 0.15) is 23.4 Å². The van der Waals surface area contributed by atoms with Crippen LogP contribution < -0.4 is 14.2 Å². The number of carbonyl (C=O) groups excluding carboxylic acids is 1. The monoisotopic (exact) mass is 566 g/mol. The minimum Gasteiger partial charge on any atom is -0.493 e. The molecule has 10 heteroatoms. The third-order valence-corrected chi connectivity index (χ3v) is 7.20. The van der Waals surface area contributed by atoms with E-state index < -0.39 is 5.60 Å². The highest BCUT2D eigenvalue weighted by molar-refractivity contribution is 5.77. The van der Waals surface area contributed by atoms with Crippen molar-refractivity contribution in [1.82, 2.24) is 19.4 Å². The lowest BCUT2D eigenvalue weighted by Gasteiger charge is -2.33. The topological polar surface area (TPSA) is 98.5 Å². The van der Waals surface area contributed by atoms with Crippen LogP contribution in [0.25, 0.3) is 0 Å². The van der Waals surface area contributed by atoms with E-state index in [2.05, 4.69) is 14.5 Å². The Morgan fingerprint density at radius 1 is 1.02 bits per heavy atom. The highest BCUT2D eigenvalue weighted by Crippen LogP contribution is 2.29. The smallest absolute Gasteiger partial charge is 0.248 e. The van der Waals surface area contributed by atoms with Crippen LogP contribution in [0.4, 0.5) is 0 Å². The van der Waals surface area contributed by atoms with Crippen LogP contribution in [0.15, 0.2) is 54.9 Å². The van der Waals surface area contributed by atoms with Crippen molar-refractivity contribution in [3.63, 3.8) is 0 Å². The first-order chi connectivity index (χ1) is 19.8. The van der Waals surface area contributed by atoms with Crippen molar-refractivity contribution in [3.05, 3.63) is 71.8 Å². The molecule has 1 N–H and O–H groups in total. The van der Waals surface area contributed by atoms with E-state index >= 15 is 0 Å². The standard InChI is InChI=1S/C31H42N4O6/c1-24-6-9-27(10-7-24)41-23-31(37)21-33(15-16-35(22-31)30(36)20-38-3)19-26-8-11-28(29(18-26)39-4)40-17-5-13-34-14-12-32-25(34)2/h6-12,14,18,37H,5,13,15-17,19-23H2,1-4H3. The molecule has 0 bridgehead atoms. The summed E-state index contributed by atoms with van der Waals surface area (Å²) in [5, 5.41) is 11.7. The predicted octanol–water partition coefficient (Wildman–Crippen LogP) is 3.08. The van der Waals surface area contributed by atoms with Gasteiger partial charge in [-0.25, -0.2) is 4.98 Å². The molecule has 2 aromatic carbocycles. The minimum atomic E-state index is -1.27. The Morgan fingerprint density at radius 2 is 1.83 bits per heavy atom. The van der Waals surface area contributed by atoms with Gasteiger partial charge in [0.05, 0.1) is 20.3 Å². The summed E-state index contributed by atoms with van der Waals surface area (Å²) in [6, 6.07) is 13.6. The minimum absolute atomic E-state index is 0.0323. The Hall–Kier alpha value is -3.60. The molecule has 1 aliphatic rings. The molecule has 4 rings (SSSR count). The number of amides is 1.